The Labute approximate surface area is 148 Å². The summed E-state index contributed by atoms with van der Waals surface area (Å²) >= 11 is 1.36. The lowest BCUT2D eigenvalue weighted by atomic mass is 10.2. The molecule has 25 heavy (non-hydrogen) atoms. The maximum absolute atomic E-state index is 11.1. The van der Waals surface area contributed by atoms with Crippen molar-refractivity contribution in [1.82, 2.24) is 14.9 Å². The molecule has 0 radical (unpaired) electrons. The van der Waals surface area contributed by atoms with Crippen molar-refractivity contribution >= 4 is 40.0 Å². The molecule has 1 fully saturated rings. The first-order valence-electron chi connectivity index (χ1n) is 7.79. The number of pyridine rings is 1. The average molecular weight is 349 g/mol. The number of amides is 1. The highest BCUT2D eigenvalue weighted by atomic mass is 32.2. The molecule has 1 amide bonds. The van der Waals surface area contributed by atoms with Crippen LogP contribution in [0.1, 0.15) is 11.1 Å². The van der Waals surface area contributed by atoms with Gasteiger partial charge < -0.3 is 9.88 Å². The normalized spacial score (nSPS) is 16.2. The van der Waals surface area contributed by atoms with Gasteiger partial charge in [0.2, 0.25) is 5.91 Å². The summed E-state index contributed by atoms with van der Waals surface area (Å²) in [6, 6.07) is 12.3. The molecule has 2 aromatic heterocycles. The first kappa shape index (κ1) is 15.6. The molecule has 1 saturated heterocycles. The molecule has 1 aliphatic rings. The summed E-state index contributed by atoms with van der Waals surface area (Å²) in [5.41, 5.74) is 3.29. The van der Waals surface area contributed by atoms with Crippen molar-refractivity contribution in [2.75, 3.05) is 5.75 Å². The van der Waals surface area contributed by atoms with Gasteiger partial charge in [-0.2, -0.15) is 5.10 Å². The van der Waals surface area contributed by atoms with E-state index in [1.165, 1.54) is 11.8 Å². The summed E-state index contributed by atoms with van der Waals surface area (Å²) in [7, 11) is 0. The number of nitrogens with zero attached hydrogens (tertiary/aromatic N) is 4. The highest BCUT2D eigenvalue weighted by Crippen LogP contribution is 2.18. The number of nitrogens with one attached hydrogen (secondary N) is 1. The fourth-order valence-corrected chi connectivity index (χ4v) is 3.28. The minimum Gasteiger partial charge on any atom is -0.343 e. The lowest BCUT2D eigenvalue weighted by Crippen LogP contribution is -2.19. The predicted molar refractivity (Wildman–Crippen MR) is 101 cm³/mol. The molecule has 0 bridgehead atoms. The Balaban J connectivity index is 1.52. The zero-order valence-electron chi connectivity index (χ0n) is 13.3. The predicted octanol–water partition coefficient (Wildman–Crippen LogP) is 2.64. The van der Waals surface area contributed by atoms with Crippen molar-refractivity contribution in [1.29, 1.82) is 0 Å². The number of hydrogen-bond donors (Lipinski definition) is 1. The highest BCUT2D eigenvalue weighted by molar-refractivity contribution is 8.15. The minimum atomic E-state index is -0.0321. The summed E-state index contributed by atoms with van der Waals surface area (Å²) in [6.45, 7) is 0.787. The molecule has 0 saturated carbocycles. The molecular formula is C18H15N5OS. The lowest BCUT2D eigenvalue weighted by Gasteiger charge is -2.05. The monoisotopic (exact) mass is 349 g/mol. The number of fused-ring (bicyclic) bond motifs is 1. The molecule has 0 spiro atoms. The first-order valence-corrected chi connectivity index (χ1v) is 8.78. The van der Waals surface area contributed by atoms with Crippen molar-refractivity contribution in [3.8, 4) is 0 Å². The molecule has 6 nitrogen and oxygen atoms in total. The van der Waals surface area contributed by atoms with Crippen LogP contribution in [0.4, 0.5) is 0 Å². The number of carbonyl (C=O) groups is 1. The smallest absolute Gasteiger partial charge is 0.236 e. The van der Waals surface area contributed by atoms with Gasteiger partial charge in [-0.15, -0.1) is 5.10 Å². The summed E-state index contributed by atoms with van der Waals surface area (Å²) in [5, 5.41) is 12.4. The third-order valence-electron chi connectivity index (χ3n) is 3.81. The van der Waals surface area contributed by atoms with Gasteiger partial charge in [-0.1, -0.05) is 23.9 Å². The van der Waals surface area contributed by atoms with E-state index in [1.807, 2.05) is 18.3 Å². The molecule has 1 aliphatic heterocycles. The van der Waals surface area contributed by atoms with E-state index in [0.717, 1.165) is 28.6 Å². The van der Waals surface area contributed by atoms with E-state index in [0.29, 0.717) is 10.9 Å². The van der Waals surface area contributed by atoms with Crippen molar-refractivity contribution < 1.29 is 4.79 Å². The molecule has 0 aliphatic carbocycles. The van der Waals surface area contributed by atoms with E-state index < -0.39 is 0 Å². The van der Waals surface area contributed by atoms with Gasteiger partial charge in [0.25, 0.3) is 0 Å². The quantitative estimate of drug-likeness (QED) is 0.581. The summed E-state index contributed by atoms with van der Waals surface area (Å²) in [4.78, 5) is 15.3. The van der Waals surface area contributed by atoms with E-state index in [4.69, 9.17) is 0 Å². The molecule has 124 valence electrons. The average Bonchev–Trinajstić information content (AvgIpc) is 3.22. The van der Waals surface area contributed by atoms with Crippen LogP contribution in [0.5, 0.6) is 0 Å². The van der Waals surface area contributed by atoms with Crippen LogP contribution in [0.15, 0.2) is 65.2 Å². The summed E-state index contributed by atoms with van der Waals surface area (Å²) in [6.07, 6.45) is 7.42. The summed E-state index contributed by atoms with van der Waals surface area (Å²) in [5.74, 6) is 0.375. The third-order valence-corrected chi connectivity index (χ3v) is 4.68. The van der Waals surface area contributed by atoms with Crippen LogP contribution in [-0.2, 0) is 11.3 Å². The van der Waals surface area contributed by atoms with Crippen LogP contribution >= 0.6 is 11.8 Å². The molecule has 4 rings (SSSR count). The largest absolute Gasteiger partial charge is 0.343 e. The van der Waals surface area contributed by atoms with Crippen molar-refractivity contribution in [2.24, 2.45) is 10.2 Å². The van der Waals surface area contributed by atoms with Crippen LogP contribution in [0.25, 0.3) is 10.9 Å². The minimum absolute atomic E-state index is 0.0321. The van der Waals surface area contributed by atoms with E-state index in [9.17, 15) is 4.79 Å². The number of amidine groups is 1. The Morgan fingerprint density at radius 2 is 2.28 bits per heavy atom. The van der Waals surface area contributed by atoms with Gasteiger partial charge in [0.15, 0.2) is 5.17 Å². The van der Waals surface area contributed by atoms with Gasteiger partial charge in [0.1, 0.15) is 0 Å². The van der Waals surface area contributed by atoms with Gasteiger partial charge >= 0.3 is 0 Å². The Morgan fingerprint density at radius 3 is 3.08 bits per heavy atom. The molecule has 1 N–H and O–H groups in total. The zero-order chi connectivity index (χ0) is 17.1. The maximum Gasteiger partial charge on any atom is 0.236 e. The topological polar surface area (TPSA) is 71.6 Å². The molecule has 0 atom stereocenters. The second kappa shape index (κ2) is 6.90. The van der Waals surface area contributed by atoms with Crippen molar-refractivity contribution in [3.05, 3.63) is 66.1 Å². The number of benzene rings is 1. The number of rotatable bonds is 4. The maximum atomic E-state index is 11.1. The molecule has 0 unspecified atom stereocenters. The molecule has 3 heterocycles. The fraction of sp³-hybridized carbons (Fsp3) is 0.111. The van der Waals surface area contributed by atoms with Gasteiger partial charge in [-0.25, -0.2) is 0 Å². The van der Waals surface area contributed by atoms with Crippen LogP contribution in [-0.4, -0.2) is 32.6 Å². The lowest BCUT2D eigenvalue weighted by molar-refractivity contribution is -0.116. The Hall–Kier alpha value is -2.93. The Morgan fingerprint density at radius 1 is 1.32 bits per heavy atom. The van der Waals surface area contributed by atoms with Crippen LogP contribution in [0.2, 0.25) is 0 Å². The van der Waals surface area contributed by atoms with Gasteiger partial charge in [-0.3, -0.25) is 9.78 Å². The van der Waals surface area contributed by atoms with Crippen LogP contribution in [0, 0.1) is 0 Å². The van der Waals surface area contributed by atoms with E-state index >= 15 is 0 Å². The second-order valence-electron chi connectivity index (χ2n) is 5.61. The van der Waals surface area contributed by atoms with Gasteiger partial charge in [-0.05, 0) is 35.4 Å². The third kappa shape index (κ3) is 3.61. The molecule has 1 aromatic carbocycles. The molecule has 3 aromatic rings. The fourth-order valence-electron chi connectivity index (χ4n) is 2.65. The second-order valence-corrected chi connectivity index (χ2v) is 6.57. The number of thioether (sulfide) groups is 1. The zero-order valence-corrected chi connectivity index (χ0v) is 14.1. The number of hydrogen-bond acceptors (Lipinski definition) is 5. The molecular weight excluding hydrogens is 334 g/mol. The highest BCUT2D eigenvalue weighted by Gasteiger charge is 2.15. The van der Waals surface area contributed by atoms with Gasteiger partial charge in [0, 0.05) is 36.0 Å². The number of aromatic nitrogens is 2. The van der Waals surface area contributed by atoms with Crippen molar-refractivity contribution in [2.45, 2.75) is 6.54 Å². The van der Waals surface area contributed by atoms with Crippen molar-refractivity contribution in [3.63, 3.8) is 0 Å². The SMILES string of the molecule is O=C1CSC(=NN=Cc2ccc3c(ccn3Cc3cccnc3)c2)N1. The van der Waals surface area contributed by atoms with Crippen LogP contribution < -0.4 is 5.32 Å². The standard InChI is InChI=1S/C18H15N5OS/c24-17-12-25-18(21-17)22-20-10-13-3-4-16-15(8-13)5-7-23(16)11-14-2-1-6-19-9-14/h1-10H,11-12H2,(H,21,22,24). The van der Waals surface area contributed by atoms with Gasteiger partial charge in [0.05, 0.1) is 12.0 Å². The summed E-state index contributed by atoms with van der Waals surface area (Å²) < 4.78 is 2.19. The van der Waals surface area contributed by atoms with E-state index in [-0.39, 0.29) is 5.91 Å². The molecule has 7 heteroatoms. The van der Waals surface area contributed by atoms with Crippen LogP contribution in [0.3, 0.4) is 0 Å². The van der Waals surface area contributed by atoms with E-state index in [1.54, 1.807) is 12.4 Å². The van der Waals surface area contributed by atoms with E-state index in [2.05, 4.69) is 55.5 Å². The number of carbonyl (C=O) groups excluding carboxylic acids is 1. The Bertz CT molecular complexity index is 978. The first-order chi connectivity index (χ1) is 12.3. The Kier molecular flexibility index (Phi) is 4.30.